The molecule has 1 aliphatic heterocycles. The van der Waals surface area contributed by atoms with E-state index in [1.807, 2.05) is 12.1 Å². The number of hydrogen-bond acceptors (Lipinski definition) is 5. The molecule has 0 atom stereocenters. The number of carbonyl (C=O) groups excluding carboxylic acids is 1. The molecule has 7 nitrogen and oxygen atoms in total. The quantitative estimate of drug-likeness (QED) is 0.701. The van der Waals surface area contributed by atoms with Crippen LogP contribution < -0.4 is 15.8 Å². The first-order chi connectivity index (χ1) is 12.5. The van der Waals surface area contributed by atoms with E-state index in [0.29, 0.717) is 28.1 Å². The summed E-state index contributed by atoms with van der Waals surface area (Å²) in [6, 6.07) is 3.81. The highest BCUT2D eigenvalue weighted by molar-refractivity contribution is 7.71. The van der Waals surface area contributed by atoms with Crippen molar-refractivity contribution >= 4 is 29.6 Å². The van der Waals surface area contributed by atoms with Crippen molar-refractivity contribution in [2.45, 2.75) is 39.0 Å². The van der Waals surface area contributed by atoms with Crippen LogP contribution in [-0.4, -0.2) is 33.9 Å². The molecule has 0 saturated carbocycles. The van der Waals surface area contributed by atoms with Crippen LogP contribution in [0, 0.1) is 11.7 Å². The van der Waals surface area contributed by atoms with Crippen molar-refractivity contribution in [1.82, 2.24) is 15.0 Å². The third kappa shape index (κ3) is 4.57. The monoisotopic (exact) mass is 373 g/mol. The fourth-order valence-corrected chi connectivity index (χ4v) is 3.40. The predicted octanol–water partition coefficient (Wildman–Crippen LogP) is 2.70. The minimum atomic E-state index is -0.244. The molecule has 26 heavy (non-hydrogen) atoms. The highest BCUT2D eigenvalue weighted by atomic mass is 32.1. The summed E-state index contributed by atoms with van der Waals surface area (Å²) in [7, 11) is 0. The second kappa shape index (κ2) is 8.27. The molecule has 1 amide bonds. The number of aromatic nitrogens is 3. The fraction of sp³-hybridized carbons (Fsp3) is 0.444. The van der Waals surface area contributed by atoms with Gasteiger partial charge in [0.05, 0.1) is 11.9 Å². The molecule has 0 aliphatic carbocycles. The zero-order valence-electron chi connectivity index (χ0n) is 14.8. The van der Waals surface area contributed by atoms with Gasteiger partial charge in [-0.3, -0.25) is 14.6 Å². The lowest BCUT2D eigenvalue weighted by Gasteiger charge is -2.27. The molecule has 0 spiro atoms. The van der Waals surface area contributed by atoms with Gasteiger partial charge in [-0.25, -0.2) is 4.98 Å². The van der Waals surface area contributed by atoms with Crippen LogP contribution in [0.4, 0.5) is 11.5 Å². The van der Waals surface area contributed by atoms with Gasteiger partial charge >= 0.3 is 0 Å². The summed E-state index contributed by atoms with van der Waals surface area (Å²) in [5, 5.41) is 2.83. The third-order valence-electron chi connectivity index (χ3n) is 4.57. The van der Waals surface area contributed by atoms with Crippen molar-refractivity contribution in [2.24, 2.45) is 0 Å². The Balaban J connectivity index is 1.56. The highest BCUT2D eigenvalue weighted by Gasteiger charge is 2.12. The maximum Gasteiger partial charge on any atom is 0.255 e. The Hall–Kier alpha value is -2.48. The van der Waals surface area contributed by atoms with Crippen molar-refractivity contribution in [2.75, 3.05) is 23.3 Å². The van der Waals surface area contributed by atoms with Crippen LogP contribution in [-0.2, 0) is 11.2 Å². The lowest BCUT2D eigenvalue weighted by molar-refractivity contribution is -0.116. The number of aryl methyl sites for hydroxylation is 1. The van der Waals surface area contributed by atoms with Crippen molar-refractivity contribution < 1.29 is 4.79 Å². The molecule has 1 aliphatic rings. The topological polar surface area (TPSA) is 93.9 Å². The van der Waals surface area contributed by atoms with E-state index in [4.69, 9.17) is 12.2 Å². The first-order valence-corrected chi connectivity index (χ1v) is 9.26. The van der Waals surface area contributed by atoms with E-state index in [0.717, 1.165) is 18.9 Å². The van der Waals surface area contributed by atoms with E-state index >= 15 is 0 Å². The van der Waals surface area contributed by atoms with Crippen LogP contribution in [0.2, 0.25) is 0 Å². The van der Waals surface area contributed by atoms with E-state index < -0.39 is 0 Å². The van der Waals surface area contributed by atoms with Gasteiger partial charge in [0.2, 0.25) is 5.91 Å². The van der Waals surface area contributed by atoms with Crippen LogP contribution in [0.15, 0.2) is 23.1 Å². The highest BCUT2D eigenvalue weighted by Crippen LogP contribution is 2.19. The van der Waals surface area contributed by atoms with E-state index in [2.05, 4.69) is 25.2 Å². The Bertz CT molecular complexity index is 882. The molecular formula is C18H23N5O2S. The second-order valence-corrected chi connectivity index (χ2v) is 6.92. The molecule has 0 unspecified atom stereocenters. The maximum atomic E-state index is 12.2. The largest absolute Gasteiger partial charge is 0.357 e. The fourth-order valence-electron chi connectivity index (χ4n) is 3.16. The van der Waals surface area contributed by atoms with Crippen LogP contribution >= 0.6 is 12.2 Å². The zero-order chi connectivity index (χ0) is 18.5. The third-order valence-corrected chi connectivity index (χ3v) is 4.77. The number of pyridine rings is 1. The number of carbonyl (C=O) groups is 1. The van der Waals surface area contributed by atoms with Crippen molar-refractivity contribution in [3.05, 3.63) is 44.7 Å². The van der Waals surface area contributed by atoms with Gasteiger partial charge in [0.25, 0.3) is 5.56 Å². The molecule has 0 bridgehead atoms. The molecule has 0 aromatic carbocycles. The first kappa shape index (κ1) is 18.3. The number of H-pyrrole nitrogens is 2. The number of anilines is 2. The first-order valence-electron chi connectivity index (χ1n) is 8.86. The van der Waals surface area contributed by atoms with Crippen LogP contribution in [0.25, 0.3) is 0 Å². The summed E-state index contributed by atoms with van der Waals surface area (Å²) in [6.07, 6.45) is 5.91. The Kier molecular flexibility index (Phi) is 5.82. The Labute approximate surface area is 156 Å². The average molecular weight is 373 g/mol. The van der Waals surface area contributed by atoms with E-state index in [-0.39, 0.29) is 17.9 Å². The normalized spacial score (nSPS) is 14.3. The number of nitrogens with zero attached hydrogens (tertiary/aromatic N) is 2. The molecule has 3 heterocycles. The summed E-state index contributed by atoms with van der Waals surface area (Å²) in [4.78, 5) is 36.3. The van der Waals surface area contributed by atoms with Crippen molar-refractivity contribution in [3.63, 3.8) is 0 Å². The summed E-state index contributed by atoms with van der Waals surface area (Å²) >= 11 is 4.93. The Morgan fingerprint density at radius 2 is 2.04 bits per heavy atom. The molecular weight excluding hydrogens is 350 g/mol. The lowest BCUT2D eigenvalue weighted by Crippen LogP contribution is -2.30. The number of aromatic amines is 2. The van der Waals surface area contributed by atoms with Gasteiger partial charge in [-0.2, -0.15) is 0 Å². The SMILES string of the molecule is Cc1[nH]c(=S)[nH]c(=O)c1CCC(=O)Nc1ccc(N2CCCCC2)nc1. The second-order valence-electron chi connectivity index (χ2n) is 6.51. The summed E-state index contributed by atoms with van der Waals surface area (Å²) in [5.74, 6) is 0.795. The van der Waals surface area contributed by atoms with Crippen LogP contribution in [0.1, 0.15) is 36.9 Å². The van der Waals surface area contributed by atoms with Gasteiger partial charge in [-0.05, 0) is 57.0 Å². The molecule has 2 aromatic rings. The number of hydrogen-bond donors (Lipinski definition) is 3. The summed E-state index contributed by atoms with van der Waals surface area (Å²) < 4.78 is 0.292. The number of amides is 1. The van der Waals surface area contributed by atoms with Gasteiger partial charge in [-0.1, -0.05) is 0 Å². The van der Waals surface area contributed by atoms with Crippen molar-refractivity contribution in [3.8, 4) is 0 Å². The van der Waals surface area contributed by atoms with E-state index in [9.17, 15) is 9.59 Å². The molecule has 0 radical (unpaired) electrons. The zero-order valence-corrected chi connectivity index (χ0v) is 15.6. The predicted molar refractivity (Wildman–Crippen MR) is 104 cm³/mol. The number of rotatable bonds is 5. The molecule has 8 heteroatoms. The summed E-state index contributed by atoms with van der Waals surface area (Å²) in [6.45, 7) is 3.85. The molecule has 1 fully saturated rings. The maximum absolute atomic E-state index is 12.2. The minimum Gasteiger partial charge on any atom is -0.357 e. The molecule has 2 aromatic heterocycles. The van der Waals surface area contributed by atoms with Gasteiger partial charge in [0.1, 0.15) is 5.82 Å². The van der Waals surface area contributed by atoms with E-state index in [1.165, 1.54) is 19.3 Å². The Morgan fingerprint density at radius 1 is 1.27 bits per heavy atom. The van der Waals surface area contributed by atoms with Gasteiger partial charge in [-0.15, -0.1) is 0 Å². The molecule has 138 valence electrons. The van der Waals surface area contributed by atoms with Gasteiger partial charge in [0, 0.05) is 30.8 Å². The smallest absolute Gasteiger partial charge is 0.255 e. The van der Waals surface area contributed by atoms with Gasteiger partial charge < -0.3 is 15.2 Å². The molecule has 1 saturated heterocycles. The van der Waals surface area contributed by atoms with E-state index in [1.54, 1.807) is 13.1 Å². The van der Waals surface area contributed by atoms with Gasteiger partial charge in [0.15, 0.2) is 4.77 Å². The molecule has 3 N–H and O–H groups in total. The Morgan fingerprint density at radius 3 is 2.69 bits per heavy atom. The van der Waals surface area contributed by atoms with Crippen LogP contribution in [0.5, 0.6) is 0 Å². The number of piperidine rings is 1. The lowest BCUT2D eigenvalue weighted by atomic mass is 10.1. The molecule has 3 rings (SSSR count). The summed E-state index contributed by atoms with van der Waals surface area (Å²) in [5.41, 5.74) is 1.66. The van der Waals surface area contributed by atoms with Crippen molar-refractivity contribution in [1.29, 1.82) is 0 Å². The van der Waals surface area contributed by atoms with Crippen LogP contribution in [0.3, 0.4) is 0 Å². The average Bonchev–Trinajstić information content (AvgIpc) is 2.62. The standard InChI is InChI=1S/C18H23N5O2S/c1-12-14(17(25)22-18(26)20-12)6-8-16(24)21-13-5-7-15(19-11-13)23-9-3-2-4-10-23/h5,7,11H,2-4,6,8-10H2,1H3,(H,21,24)(H2,20,22,25,26). The minimum absolute atomic E-state index is 0.154. The number of nitrogens with one attached hydrogen (secondary N) is 3.